The van der Waals surface area contributed by atoms with Crippen molar-refractivity contribution in [3.63, 3.8) is 0 Å². The number of nitrogens with zero attached hydrogens (tertiary/aromatic N) is 4. The van der Waals surface area contributed by atoms with Crippen LogP contribution in [-0.4, -0.2) is 25.7 Å². The summed E-state index contributed by atoms with van der Waals surface area (Å²) in [6, 6.07) is 5.31. The summed E-state index contributed by atoms with van der Waals surface area (Å²) in [7, 11) is 0. The fraction of sp³-hybridized carbons (Fsp3) is 0.167. The minimum Gasteiger partial charge on any atom is -0.409 e. The Hall–Kier alpha value is -2.90. The molecule has 2 rings (SSSR count). The third kappa shape index (κ3) is 2.74. The molecule has 0 fully saturated rings. The summed E-state index contributed by atoms with van der Waals surface area (Å²) in [6.45, 7) is 2.29. The molecule has 104 valence electrons. The van der Waals surface area contributed by atoms with E-state index in [4.69, 9.17) is 10.9 Å². The van der Waals surface area contributed by atoms with Crippen LogP contribution in [0, 0.1) is 17.0 Å². The van der Waals surface area contributed by atoms with Gasteiger partial charge < -0.3 is 10.9 Å². The SMILES string of the molecule is Cc1cc(/C(N)=N/O)ccc1Cn1cc([N+](=O)[O-])cn1. The van der Waals surface area contributed by atoms with Crippen molar-refractivity contribution in [2.75, 3.05) is 0 Å². The molecule has 3 N–H and O–H groups in total. The standard InChI is InChI=1S/C12H13N5O3/c1-8-4-9(12(13)15-18)2-3-10(8)6-16-7-11(5-14-16)17(19)20/h2-5,7,18H,6H2,1H3,(H2,13,15). The summed E-state index contributed by atoms with van der Waals surface area (Å²) < 4.78 is 1.49. The molecule has 8 nitrogen and oxygen atoms in total. The Morgan fingerprint density at radius 1 is 1.60 bits per heavy atom. The van der Waals surface area contributed by atoms with E-state index in [1.54, 1.807) is 12.1 Å². The number of rotatable bonds is 4. The van der Waals surface area contributed by atoms with E-state index in [9.17, 15) is 10.1 Å². The highest BCUT2D eigenvalue weighted by Crippen LogP contribution is 2.14. The van der Waals surface area contributed by atoms with Gasteiger partial charge in [0.05, 0.1) is 11.5 Å². The minimum atomic E-state index is -0.488. The highest BCUT2D eigenvalue weighted by molar-refractivity contribution is 5.97. The highest BCUT2D eigenvalue weighted by atomic mass is 16.6. The van der Waals surface area contributed by atoms with E-state index in [0.29, 0.717) is 12.1 Å². The molecule has 0 radical (unpaired) electrons. The molecule has 0 spiro atoms. The number of aromatic nitrogens is 2. The summed E-state index contributed by atoms with van der Waals surface area (Å²) in [5.41, 5.74) is 7.94. The van der Waals surface area contributed by atoms with E-state index >= 15 is 0 Å². The molecule has 20 heavy (non-hydrogen) atoms. The number of amidine groups is 1. The molecule has 0 aliphatic heterocycles. The summed E-state index contributed by atoms with van der Waals surface area (Å²) >= 11 is 0. The number of benzene rings is 1. The van der Waals surface area contributed by atoms with Gasteiger partial charge in [-0.1, -0.05) is 17.3 Å². The molecule has 8 heteroatoms. The first-order chi connectivity index (χ1) is 9.51. The molecule has 0 atom stereocenters. The maximum atomic E-state index is 10.6. The topological polar surface area (TPSA) is 120 Å². The van der Waals surface area contributed by atoms with Gasteiger partial charge in [0, 0.05) is 5.56 Å². The number of oxime groups is 1. The van der Waals surface area contributed by atoms with Gasteiger partial charge in [-0.05, 0) is 24.1 Å². The van der Waals surface area contributed by atoms with Crippen molar-refractivity contribution in [1.82, 2.24) is 9.78 Å². The van der Waals surface area contributed by atoms with E-state index in [2.05, 4.69) is 10.3 Å². The van der Waals surface area contributed by atoms with Crippen molar-refractivity contribution in [2.45, 2.75) is 13.5 Å². The monoisotopic (exact) mass is 275 g/mol. The summed E-state index contributed by atoms with van der Waals surface area (Å²) in [4.78, 5) is 10.1. The second-order valence-corrected chi connectivity index (χ2v) is 4.28. The van der Waals surface area contributed by atoms with Crippen LogP contribution in [0.15, 0.2) is 35.7 Å². The molecule has 0 aliphatic rings. The fourth-order valence-corrected chi connectivity index (χ4v) is 1.80. The molecule has 0 amide bonds. The zero-order valence-corrected chi connectivity index (χ0v) is 10.7. The van der Waals surface area contributed by atoms with Crippen molar-refractivity contribution in [2.24, 2.45) is 10.9 Å². The van der Waals surface area contributed by atoms with Crippen LogP contribution in [0.25, 0.3) is 0 Å². The number of nitro groups is 1. The molecule has 1 heterocycles. The lowest BCUT2D eigenvalue weighted by Crippen LogP contribution is -2.13. The molecule has 1 aromatic heterocycles. The van der Waals surface area contributed by atoms with Gasteiger partial charge in [0.15, 0.2) is 5.84 Å². The first kappa shape index (κ1) is 13.5. The predicted molar refractivity (Wildman–Crippen MR) is 71.7 cm³/mol. The largest absolute Gasteiger partial charge is 0.409 e. The first-order valence-corrected chi connectivity index (χ1v) is 5.75. The normalized spacial score (nSPS) is 11.6. The predicted octanol–water partition coefficient (Wildman–Crippen LogP) is 1.24. The summed E-state index contributed by atoms with van der Waals surface area (Å²) in [5.74, 6) is 0.0365. The number of nitrogens with two attached hydrogens (primary N) is 1. The van der Waals surface area contributed by atoms with Crippen LogP contribution < -0.4 is 5.73 Å². The molecule has 0 aliphatic carbocycles. The molecule has 0 saturated carbocycles. The average molecular weight is 275 g/mol. The van der Waals surface area contributed by atoms with Gasteiger partial charge in [-0.3, -0.25) is 14.8 Å². The molecular weight excluding hydrogens is 262 g/mol. The van der Waals surface area contributed by atoms with Gasteiger partial charge >= 0.3 is 5.69 Å². The Morgan fingerprint density at radius 3 is 2.90 bits per heavy atom. The smallest absolute Gasteiger partial charge is 0.307 e. The zero-order chi connectivity index (χ0) is 14.7. The quantitative estimate of drug-likeness (QED) is 0.286. The lowest BCUT2D eigenvalue weighted by Gasteiger charge is -2.08. The van der Waals surface area contributed by atoms with Gasteiger partial charge in [0.1, 0.15) is 12.4 Å². The van der Waals surface area contributed by atoms with Gasteiger partial charge in [0.2, 0.25) is 0 Å². The van der Waals surface area contributed by atoms with E-state index in [1.807, 2.05) is 13.0 Å². The van der Waals surface area contributed by atoms with Crippen LogP contribution in [-0.2, 0) is 6.54 Å². The Labute approximate surface area is 114 Å². The second kappa shape index (κ2) is 5.39. The van der Waals surface area contributed by atoms with Gasteiger partial charge in [-0.25, -0.2) is 0 Å². The van der Waals surface area contributed by atoms with Crippen LogP contribution in [0.2, 0.25) is 0 Å². The van der Waals surface area contributed by atoms with Crippen LogP contribution >= 0.6 is 0 Å². The van der Waals surface area contributed by atoms with Crippen molar-refractivity contribution >= 4 is 11.5 Å². The van der Waals surface area contributed by atoms with Crippen molar-refractivity contribution < 1.29 is 10.1 Å². The molecule has 2 aromatic rings. The van der Waals surface area contributed by atoms with Crippen LogP contribution in [0.3, 0.4) is 0 Å². The van der Waals surface area contributed by atoms with E-state index < -0.39 is 4.92 Å². The van der Waals surface area contributed by atoms with E-state index in [-0.39, 0.29) is 11.5 Å². The van der Waals surface area contributed by atoms with Gasteiger partial charge in [0.25, 0.3) is 0 Å². The van der Waals surface area contributed by atoms with E-state index in [1.165, 1.54) is 17.1 Å². The van der Waals surface area contributed by atoms with Crippen LogP contribution in [0.4, 0.5) is 5.69 Å². The molecular formula is C12H13N5O3. The summed E-state index contributed by atoms with van der Waals surface area (Å²) in [6.07, 6.45) is 2.58. The third-order valence-corrected chi connectivity index (χ3v) is 2.91. The molecule has 0 bridgehead atoms. The highest BCUT2D eigenvalue weighted by Gasteiger charge is 2.10. The molecule has 0 saturated heterocycles. The molecule has 1 aromatic carbocycles. The third-order valence-electron chi connectivity index (χ3n) is 2.91. The fourth-order valence-electron chi connectivity index (χ4n) is 1.80. The maximum Gasteiger partial charge on any atom is 0.307 e. The Kier molecular flexibility index (Phi) is 3.65. The lowest BCUT2D eigenvalue weighted by atomic mass is 10.0. The summed E-state index contributed by atoms with van der Waals surface area (Å²) in [5, 5.41) is 26.1. The lowest BCUT2D eigenvalue weighted by molar-refractivity contribution is -0.385. The molecule has 0 unspecified atom stereocenters. The maximum absolute atomic E-state index is 10.6. The Bertz CT molecular complexity index is 677. The van der Waals surface area contributed by atoms with Crippen molar-refractivity contribution in [1.29, 1.82) is 0 Å². The van der Waals surface area contributed by atoms with Gasteiger partial charge in [-0.2, -0.15) is 5.10 Å². The number of hydrogen-bond donors (Lipinski definition) is 2. The first-order valence-electron chi connectivity index (χ1n) is 5.75. The second-order valence-electron chi connectivity index (χ2n) is 4.28. The zero-order valence-electron chi connectivity index (χ0n) is 10.7. The minimum absolute atomic E-state index is 0.0365. The Balaban J connectivity index is 2.23. The van der Waals surface area contributed by atoms with Gasteiger partial charge in [-0.15, -0.1) is 0 Å². The van der Waals surface area contributed by atoms with Crippen molar-refractivity contribution in [3.05, 3.63) is 57.4 Å². The van der Waals surface area contributed by atoms with Crippen LogP contribution in [0.5, 0.6) is 0 Å². The van der Waals surface area contributed by atoms with E-state index in [0.717, 1.165) is 11.1 Å². The number of hydrogen-bond acceptors (Lipinski definition) is 5. The number of aryl methyl sites for hydroxylation is 1. The van der Waals surface area contributed by atoms with Crippen molar-refractivity contribution in [3.8, 4) is 0 Å². The van der Waals surface area contributed by atoms with Crippen LogP contribution in [0.1, 0.15) is 16.7 Å². The average Bonchev–Trinajstić information content (AvgIpc) is 2.89. The Morgan fingerprint density at radius 2 is 2.35 bits per heavy atom.